The van der Waals surface area contributed by atoms with E-state index in [1.165, 1.54) is 18.3 Å². The first-order chi connectivity index (χ1) is 12.1. The monoisotopic (exact) mass is 341 g/mol. The summed E-state index contributed by atoms with van der Waals surface area (Å²) in [5.74, 6) is -0.454. The van der Waals surface area contributed by atoms with Crippen LogP contribution in [0.2, 0.25) is 0 Å². The van der Waals surface area contributed by atoms with Gasteiger partial charge < -0.3 is 10.2 Å². The zero-order chi connectivity index (χ0) is 17.6. The summed E-state index contributed by atoms with van der Waals surface area (Å²) in [5.41, 5.74) is 1.28. The first-order valence-electron chi connectivity index (χ1n) is 8.35. The van der Waals surface area contributed by atoms with Crippen LogP contribution >= 0.6 is 0 Å². The maximum Gasteiger partial charge on any atom is 0.252 e. The predicted molar refractivity (Wildman–Crippen MR) is 91.4 cm³/mol. The van der Waals surface area contributed by atoms with Gasteiger partial charge in [-0.15, -0.1) is 0 Å². The first-order valence-corrected chi connectivity index (χ1v) is 8.35. The van der Waals surface area contributed by atoms with Gasteiger partial charge in [-0.05, 0) is 42.7 Å². The molecule has 1 N–H and O–H groups in total. The zero-order valence-electron chi connectivity index (χ0n) is 13.8. The summed E-state index contributed by atoms with van der Waals surface area (Å²) in [6.07, 6.45) is 4.94. The largest absolute Gasteiger partial charge is 0.350 e. The van der Waals surface area contributed by atoms with Crippen LogP contribution in [0.3, 0.4) is 0 Å². The lowest BCUT2D eigenvalue weighted by atomic mass is 10.0. The molecule has 130 valence electrons. The molecule has 1 aliphatic rings. The van der Waals surface area contributed by atoms with Gasteiger partial charge in [0.05, 0.1) is 11.6 Å². The van der Waals surface area contributed by atoms with Crippen molar-refractivity contribution in [1.29, 1.82) is 0 Å². The van der Waals surface area contributed by atoms with Gasteiger partial charge in [0.15, 0.2) is 0 Å². The average molecular weight is 341 g/mol. The van der Waals surface area contributed by atoms with Crippen LogP contribution in [-0.4, -0.2) is 40.8 Å². The fourth-order valence-corrected chi connectivity index (χ4v) is 3.09. The fourth-order valence-electron chi connectivity index (χ4n) is 3.09. The first kappa shape index (κ1) is 17.1. The SMILES string of the molecule is O=C(NCC(Cc1cccc(F)c1)N1CCCC1=O)c1cccnc1. The molecule has 0 saturated carbocycles. The summed E-state index contributed by atoms with van der Waals surface area (Å²) in [7, 11) is 0. The second kappa shape index (κ2) is 7.88. The number of benzene rings is 1. The summed E-state index contributed by atoms with van der Waals surface area (Å²) >= 11 is 0. The van der Waals surface area contributed by atoms with Gasteiger partial charge in [-0.1, -0.05) is 12.1 Å². The molecule has 5 nitrogen and oxygen atoms in total. The van der Waals surface area contributed by atoms with Crippen LogP contribution in [0.1, 0.15) is 28.8 Å². The number of likely N-dealkylation sites (tertiary alicyclic amines) is 1. The van der Waals surface area contributed by atoms with Crippen molar-refractivity contribution < 1.29 is 14.0 Å². The number of nitrogens with zero attached hydrogens (tertiary/aromatic N) is 2. The molecular weight excluding hydrogens is 321 g/mol. The smallest absolute Gasteiger partial charge is 0.252 e. The molecule has 6 heteroatoms. The number of carbonyl (C=O) groups is 2. The van der Waals surface area contributed by atoms with Crippen LogP contribution in [0.25, 0.3) is 0 Å². The van der Waals surface area contributed by atoms with Crippen LogP contribution in [0.4, 0.5) is 4.39 Å². The highest BCUT2D eigenvalue weighted by Gasteiger charge is 2.28. The third-order valence-electron chi connectivity index (χ3n) is 4.33. The molecule has 25 heavy (non-hydrogen) atoms. The lowest BCUT2D eigenvalue weighted by Crippen LogP contribution is -2.45. The van der Waals surface area contributed by atoms with Crippen molar-refractivity contribution in [2.24, 2.45) is 0 Å². The molecule has 1 aliphatic heterocycles. The number of carbonyl (C=O) groups excluding carboxylic acids is 2. The molecule has 1 aromatic carbocycles. The third kappa shape index (κ3) is 4.41. The minimum atomic E-state index is -0.302. The van der Waals surface area contributed by atoms with Crippen LogP contribution in [0, 0.1) is 5.82 Å². The van der Waals surface area contributed by atoms with Gasteiger partial charge in [-0.3, -0.25) is 14.6 Å². The van der Waals surface area contributed by atoms with Crippen molar-refractivity contribution in [3.8, 4) is 0 Å². The van der Waals surface area contributed by atoms with E-state index in [2.05, 4.69) is 10.3 Å². The number of aromatic nitrogens is 1. The number of halogens is 1. The summed E-state index contributed by atoms with van der Waals surface area (Å²) in [6.45, 7) is 0.984. The van der Waals surface area contributed by atoms with Crippen LogP contribution in [-0.2, 0) is 11.2 Å². The van der Waals surface area contributed by atoms with E-state index in [9.17, 15) is 14.0 Å². The van der Waals surface area contributed by atoms with Gasteiger partial charge in [0.2, 0.25) is 5.91 Å². The molecule has 1 fully saturated rings. The molecule has 1 atom stereocenters. The Morgan fingerprint density at radius 3 is 2.88 bits per heavy atom. The number of nitrogens with one attached hydrogen (secondary N) is 1. The van der Waals surface area contributed by atoms with Crippen LogP contribution in [0.5, 0.6) is 0 Å². The highest BCUT2D eigenvalue weighted by Crippen LogP contribution is 2.17. The highest BCUT2D eigenvalue weighted by molar-refractivity contribution is 5.93. The lowest BCUT2D eigenvalue weighted by molar-refractivity contribution is -0.129. The Kier molecular flexibility index (Phi) is 5.38. The zero-order valence-corrected chi connectivity index (χ0v) is 13.8. The molecule has 1 aromatic heterocycles. The van der Waals surface area contributed by atoms with Gasteiger partial charge in [0.25, 0.3) is 5.91 Å². The fraction of sp³-hybridized carbons (Fsp3) is 0.316. The lowest BCUT2D eigenvalue weighted by Gasteiger charge is -2.28. The predicted octanol–water partition coefficient (Wildman–Crippen LogP) is 2.18. The van der Waals surface area contributed by atoms with Crippen molar-refractivity contribution >= 4 is 11.8 Å². The minimum absolute atomic E-state index is 0.0806. The van der Waals surface area contributed by atoms with Crippen molar-refractivity contribution in [1.82, 2.24) is 15.2 Å². The second-order valence-electron chi connectivity index (χ2n) is 6.13. The molecule has 1 saturated heterocycles. The van der Waals surface area contributed by atoms with Gasteiger partial charge in [-0.2, -0.15) is 0 Å². The second-order valence-corrected chi connectivity index (χ2v) is 6.13. The molecular formula is C19H20FN3O2. The molecule has 0 radical (unpaired) electrons. The molecule has 2 heterocycles. The third-order valence-corrected chi connectivity index (χ3v) is 4.33. The molecule has 3 rings (SSSR count). The standard InChI is InChI=1S/C19H20FN3O2/c20-16-6-1-4-14(10-16)11-17(23-9-3-7-18(23)24)13-22-19(25)15-5-2-8-21-12-15/h1-2,4-6,8,10,12,17H,3,7,9,11,13H2,(H,22,25). The van der Waals surface area contributed by atoms with Crippen molar-refractivity contribution in [3.05, 3.63) is 65.7 Å². The van der Waals surface area contributed by atoms with Gasteiger partial charge >= 0.3 is 0 Å². The van der Waals surface area contributed by atoms with E-state index in [1.54, 1.807) is 29.3 Å². The number of hydrogen-bond acceptors (Lipinski definition) is 3. The van der Waals surface area contributed by atoms with E-state index in [1.807, 2.05) is 6.07 Å². The van der Waals surface area contributed by atoms with E-state index < -0.39 is 0 Å². The Labute approximate surface area is 145 Å². The Bertz CT molecular complexity index is 751. The summed E-state index contributed by atoms with van der Waals surface area (Å²) in [4.78, 5) is 30.1. The molecule has 0 aliphatic carbocycles. The maximum atomic E-state index is 13.4. The van der Waals surface area contributed by atoms with Crippen LogP contribution in [0.15, 0.2) is 48.8 Å². The normalized spacial score (nSPS) is 15.2. The molecule has 2 amide bonds. The van der Waals surface area contributed by atoms with E-state index in [0.29, 0.717) is 31.5 Å². The maximum absolute atomic E-state index is 13.4. The number of rotatable bonds is 6. The minimum Gasteiger partial charge on any atom is -0.350 e. The summed E-state index contributed by atoms with van der Waals surface area (Å²) in [5, 5.41) is 2.86. The molecule has 0 spiro atoms. The Balaban J connectivity index is 1.70. The Morgan fingerprint density at radius 1 is 1.32 bits per heavy atom. The average Bonchev–Trinajstić information content (AvgIpc) is 3.05. The topological polar surface area (TPSA) is 62.3 Å². The number of amides is 2. The van der Waals surface area contributed by atoms with Crippen molar-refractivity contribution in [2.45, 2.75) is 25.3 Å². The highest BCUT2D eigenvalue weighted by atomic mass is 19.1. The van der Waals surface area contributed by atoms with E-state index in [4.69, 9.17) is 0 Å². The summed E-state index contributed by atoms with van der Waals surface area (Å²) in [6, 6.07) is 9.53. The van der Waals surface area contributed by atoms with E-state index in [0.717, 1.165) is 12.0 Å². The number of hydrogen-bond donors (Lipinski definition) is 1. The van der Waals surface area contributed by atoms with Crippen LogP contribution < -0.4 is 5.32 Å². The number of pyridine rings is 1. The summed E-state index contributed by atoms with van der Waals surface area (Å²) < 4.78 is 13.4. The molecule has 2 aromatic rings. The molecule has 1 unspecified atom stereocenters. The van der Waals surface area contributed by atoms with E-state index >= 15 is 0 Å². The van der Waals surface area contributed by atoms with Gasteiger partial charge in [0, 0.05) is 31.9 Å². The van der Waals surface area contributed by atoms with Gasteiger partial charge in [-0.25, -0.2) is 4.39 Å². The van der Waals surface area contributed by atoms with Crippen molar-refractivity contribution in [3.63, 3.8) is 0 Å². The Morgan fingerprint density at radius 2 is 2.20 bits per heavy atom. The van der Waals surface area contributed by atoms with E-state index in [-0.39, 0.29) is 23.7 Å². The Hall–Kier alpha value is -2.76. The molecule has 0 bridgehead atoms. The quantitative estimate of drug-likeness (QED) is 0.876. The van der Waals surface area contributed by atoms with Crippen molar-refractivity contribution in [2.75, 3.05) is 13.1 Å². The van der Waals surface area contributed by atoms with Gasteiger partial charge in [0.1, 0.15) is 5.82 Å².